The molecule has 0 saturated carbocycles. The third kappa shape index (κ3) is 3.51. The average molecular weight is 387 g/mol. The summed E-state index contributed by atoms with van der Waals surface area (Å²) < 4.78 is 1.87. The standard InChI is InChI=1S/C23H25N5O/c29-23(25-21-15-24-14-19(21)16-8-3-1-4-9-16)26-22-18-12-7-13-20(18)27-28(22)17-10-5-2-6-11-17/h1-6,8-11,19,21,24H,7,12-15H2,(H2,25,26,29)/t19-,21+/m0/s1. The molecule has 29 heavy (non-hydrogen) atoms. The number of amides is 2. The van der Waals surface area contributed by atoms with Gasteiger partial charge in [-0.2, -0.15) is 5.10 Å². The maximum absolute atomic E-state index is 12.9. The quantitative estimate of drug-likeness (QED) is 0.644. The minimum absolute atomic E-state index is 0.0542. The predicted molar refractivity (Wildman–Crippen MR) is 114 cm³/mol. The summed E-state index contributed by atoms with van der Waals surface area (Å²) in [6, 6.07) is 20.2. The van der Waals surface area contributed by atoms with E-state index in [4.69, 9.17) is 5.10 Å². The van der Waals surface area contributed by atoms with Gasteiger partial charge in [0.1, 0.15) is 5.82 Å². The molecule has 3 aromatic rings. The summed E-state index contributed by atoms with van der Waals surface area (Å²) >= 11 is 0. The zero-order valence-electron chi connectivity index (χ0n) is 16.3. The number of nitrogens with one attached hydrogen (secondary N) is 3. The Labute approximate surface area is 170 Å². The summed E-state index contributed by atoms with van der Waals surface area (Å²) in [5.74, 6) is 1.06. The van der Waals surface area contributed by atoms with Gasteiger partial charge in [0.2, 0.25) is 0 Å². The van der Waals surface area contributed by atoms with Crippen LogP contribution in [0, 0.1) is 0 Å². The van der Waals surface area contributed by atoms with Crippen molar-refractivity contribution in [1.29, 1.82) is 0 Å². The van der Waals surface area contributed by atoms with Crippen molar-refractivity contribution >= 4 is 11.8 Å². The Morgan fingerprint density at radius 2 is 1.76 bits per heavy atom. The molecule has 2 heterocycles. The zero-order valence-corrected chi connectivity index (χ0v) is 16.3. The van der Waals surface area contributed by atoms with Crippen LogP contribution in [0.2, 0.25) is 0 Å². The number of fused-ring (bicyclic) bond motifs is 1. The number of carbonyl (C=O) groups excluding carboxylic acids is 1. The molecule has 2 amide bonds. The number of aryl methyl sites for hydroxylation is 1. The third-order valence-electron chi connectivity index (χ3n) is 5.90. The smallest absolute Gasteiger partial charge is 0.320 e. The van der Waals surface area contributed by atoms with E-state index in [2.05, 4.69) is 28.1 Å². The molecule has 2 aliphatic rings. The lowest BCUT2D eigenvalue weighted by Gasteiger charge is -2.21. The molecule has 1 fully saturated rings. The first-order chi connectivity index (χ1) is 14.3. The first kappa shape index (κ1) is 17.9. The van der Waals surface area contributed by atoms with Gasteiger partial charge in [0.05, 0.1) is 17.4 Å². The predicted octanol–water partition coefficient (Wildman–Crippen LogP) is 3.24. The fourth-order valence-electron chi connectivity index (χ4n) is 4.47. The molecule has 1 saturated heterocycles. The summed E-state index contributed by atoms with van der Waals surface area (Å²) in [5, 5.41) is 14.5. The number of urea groups is 1. The Morgan fingerprint density at radius 1 is 1.00 bits per heavy atom. The van der Waals surface area contributed by atoms with E-state index in [9.17, 15) is 4.79 Å². The summed E-state index contributed by atoms with van der Waals surface area (Å²) in [7, 11) is 0. The second-order valence-electron chi connectivity index (χ2n) is 7.76. The van der Waals surface area contributed by atoms with E-state index in [-0.39, 0.29) is 18.0 Å². The summed E-state index contributed by atoms with van der Waals surface area (Å²) in [6.45, 7) is 1.63. The molecule has 0 radical (unpaired) electrons. The highest BCUT2D eigenvalue weighted by atomic mass is 16.2. The van der Waals surface area contributed by atoms with Crippen molar-refractivity contribution in [3.05, 3.63) is 77.5 Å². The van der Waals surface area contributed by atoms with Crippen molar-refractivity contribution in [2.75, 3.05) is 18.4 Å². The van der Waals surface area contributed by atoms with Crippen LogP contribution in [0.5, 0.6) is 0 Å². The van der Waals surface area contributed by atoms with Crippen LogP contribution in [0.1, 0.15) is 29.2 Å². The topological polar surface area (TPSA) is 71.0 Å². The number of benzene rings is 2. The van der Waals surface area contributed by atoms with E-state index in [0.717, 1.165) is 55.1 Å². The summed E-state index contributed by atoms with van der Waals surface area (Å²) in [4.78, 5) is 12.9. The molecule has 1 aliphatic heterocycles. The average Bonchev–Trinajstić information content (AvgIpc) is 3.47. The lowest BCUT2D eigenvalue weighted by molar-refractivity contribution is 0.248. The number of anilines is 1. The molecule has 2 atom stereocenters. The Hall–Kier alpha value is -3.12. The zero-order chi connectivity index (χ0) is 19.6. The SMILES string of the molecule is O=C(Nc1c2c(nn1-c1ccccc1)CCC2)N[C@@H]1CNC[C@H]1c1ccccc1. The van der Waals surface area contributed by atoms with Gasteiger partial charge in [0.15, 0.2) is 0 Å². The minimum Gasteiger partial charge on any atom is -0.333 e. The van der Waals surface area contributed by atoms with Crippen molar-refractivity contribution in [3.63, 3.8) is 0 Å². The molecule has 1 aliphatic carbocycles. The van der Waals surface area contributed by atoms with Crippen molar-refractivity contribution in [1.82, 2.24) is 20.4 Å². The Kier molecular flexibility index (Phi) is 4.77. The Bertz CT molecular complexity index is 999. The largest absolute Gasteiger partial charge is 0.333 e. The minimum atomic E-state index is -0.175. The van der Waals surface area contributed by atoms with Crippen molar-refractivity contribution in [3.8, 4) is 5.69 Å². The highest BCUT2D eigenvalue weighted by Gasteiger charge is 2.30. The van der Waals surface area contributed by atoms with E-state index in [1.165, 1.54) is 5.56 Å². The number of aromatic nitrogens is 2. The molecule has 0 spiro atoms. The number of carbonyl (C=O) groups is 1. The van der Waals surface area contributed by atoms with Gasteiger partial charge in [-0.15, -0.1) is 0 Å². The molecule has 6 nitrogen and oxygen atoms in total. The van der Waals surface area contributed by atoms with Gasteiger partial charge in [0.25, 0.3) is 0 Å². The normalized spacial score (nSPS) is 20.4. The number of nitrogens with zero attached hydrogens (tertiary/aromatic N) is 2. The van der Waals surface area contributed by atoms with Gasteiger partial charge in [-0.1, -0.05) is 48.5 Å². The van der Waals surface area contributed by atoms with Gasteiger partial charge in [-0.25, -0.2) is 9.48 Å². The van der Waals surface area contributed by atoms with Crippen molar-refractivity contribution < 1.29 is 4.79 Å². The van der Waals surface area contributed by atoms with E-state index in [1.807, 2.05) is 53.2 Å². The molecular weight excluding hydrogens is 362 g/mol. The van der Waals surface area contributed by atoms with Crippen LogP contribution in [-0.2, 0) is 12.8 Å². The monoisotopic (exact) mass is 387 g/mol. The Balaban J connectivity index is 1.36. The number of rotatable bonds is 4. The van der Waals surface area contributed by atoms with Crippen LogP contribution in [0.15, 0.2) is 60.7 Å². The van der Waals surface area contributed by atoms with Crippen LogP contribution in [0.25, 0.3) is 5.69 Å². The van der Waals surface area contributed by atoms with Crippen LogP contribution in [0.3, 0.4) is 0 Å². The van der Waals surface area contributed by atoms with Crippen LogP contribution >= 0.6 is 0 Å². The van der Waals surface area contributed by atoms with Gasteiger partial charge in [0, 0.05) is 24.6 Å². The second kappa shape index (κ2) is 7.72. The van der Waals surface area contributed by atoms with Gasteiger partial charge < -0.3 is 10.6 Å². The lowest BCUT2D eigenvalue weighted by atomic mass is 9.94. The van der Waals surface area contributed by atoms with Crippen LogP contribution < -0.4 is 16.0 Å². The van der Waals surface area contributed by atoms with Gasteiger partial charge in [-0.3, -0.25) is 5.32 Å². The fourth-order valence-corrected chi connectivity index (χ4v) is 4.47. The summed E-state index contributed by atoms with van der Waals surface area (Å²) in [6.07, 6.45) is 3.01. The molecule has 0 unspecified atom stereocenters. The van der Waals surface area contributed by atoms with E-state index < -0.39 is 0 Å². The second-order valence-corrected chi connectivity index (χ2v) is 7.76. The molecule has 148 valence electrons. The van der Waals surface area contributed by atoms with Crippen molar-refractivity contribution in [2.45, 2.75) is 31.2 Å². The fraction of sp³-hybridized carbons (Fsp3) is 0.304. The highest BCUT2D eigenvalue weighted by Crippen LogP contribution is 2.31. The van der Waals surface area contributed by atoms with Crippen LogP contribution in [-0.4, -0.2) is 34.9 Å². The molecule has 0 bridgehead atoms. The van der Waals surface area contributed by atoms with E-state index in [1.54, 1.807) is 0 Å². The molecule has 3 N–H and O–H groups in total. The van der Waals surface area contributed by atoms with E-state index in [0.29, 0.717) is 0 Å². The van der Waals surface area contributed by atoms with E-state index >= 15 is 0 Å². The number of para-hydroxylation sites is 1. The highest BCUT2D eigenvalue weighted by molar-refractivity contribution is 5.90. The third-order valence-corrected chi connectivity index (χ3v) is 5.90. The molecule has 2 aromatic carbocycles. The van der Waals surface area contributed by atoms with Gasteiger partial charge in [-0.05, 0) is 37.0 Å². The van der Waals surface area contributed by atoms with Crippen molar-refractivity contribution in [2.24, 2.45) is 0 Å². The molecule has 1 aromatic heterocycles. The maximum Gasteiger partial charge on any atom is 0.320 e. The first-order valence-electron chi connectivity index (χ1n) is 10.3. The molecular formula is C23H25N5O. The number of hydrogen-bond acceptors (Lipinski definition) is 3. The molecule has 5 rings (SSSR count). The number of hydrogen-bond donors (Lipinski definition) is 3. The van der Waals surface area contributed by atoms with Crippen LogP contribution in [0.4, 0.5) is 10.6 Å². The Morgan fingerprint density at radius 3 is 2.55 bits per heavy atom. The summed E-state index contributed by atoms with van der Waals surface area (Å²) in [5.41, 5.74) is 4.46. The lowest BCUT2D eigenvalue weighted by Crippen LogP contribution is -2.42. The maximum atomic E-state index is 12.9. The molecule has 6 heteroatoms. The van der Waals surface area contributed by atoms with Gasteiger partial charge >= 0.3 is 6.03 Å². The first-order valence-corrected chi connectivity index (χ1v) is 10.3.